The molecule has 1 N–H and O–H groups in total. The molecule has 0 unspecified atom stereocenters. The quantitative estimate of drug-likeness (QED) is 0.782. The first-order chi connectivity index (χ1) is 10.2. The molecule has 1 saturated heterocycles. The molecule has 0 saturated carbocycles. The summed E-state index contributed by atoms with van der Waals surface area (Å²) in [6.07, 6.45) is 5.39. The van der Waals surface area contributed by atoms with Crippen LogP contribution in [0.3, 0.4) is 0 Å². The Balaban J connectivity index is 1.84. The zero-order valence-electron chi connectivity index (χ0n) is 13.5. The van der Waals surface area contributed by atoms with E-state index in [2.05, 4.69) is 27.1 Å². The third-order valence-corrected chi connectivity index (χ3v) is 3.78. The van der Waals surface area contributed by atoms with Crippen LogP contribution in [0.4, 0.5) is 5.82 Å². The number of aromatic nitrogens is 2. The summed E-state index contributed by atoms with van der Waals surface area (Å²) in [4.78, 5) is 10.9. The Hall–Kier alpha value is -1.36. The Morgan fingerprint density at radius 2 is 2.10 bits per heavy atom. The lowest BCUT2D eigenvalue weighted by atomic mass is 9.97. The molecule has 1 aliphatic heterocycles. The molecule has 5 nitrogen and oxygen atoms in total. The van der Waals surface area contributed by atoms with Gasteiger partial charge >= 0.3 is 0 Å². The average molecular weight is 292 g/mol. The highest BCUT2D eigenvalue weighted by atomic mass is 16.5. The van der Waals surface area contributed by atoms with Crippen LogP contribution in [0, 0.1) is 5.92 Å². The van der Waals surface area contributed by atoms with Crippen molar-refractivity contribution < 1.29 is 4.74 Å². The standard InChI is InChI=1S/C16H28N4O/c1-4-7-17-11-14-5-8-20(9-6-14)15-10-16(19-12-18-15)21-13(2)3/h10,12-14,17H,4-9,11H2,1-3H3. The molecule has 118 valence electrons. The number of ether oxygens (including phenoxy) is 1. The lowest BCUT2D eigenvalue weighted by Gasteiger charge is -2.33. The van der Waals surface area contributed by atoms with Gasteiger partial charge < -0.3 is 15.0 Å². The molecule has 0 bridgehead atoms. The van der Waals surface area contributed by atoms with E-state index in [4.69, 9.17) is 4.74 Å². The van der Waals surface area contributed by atoms with Crippen molar-refractivity contribution in [2.24, 2.45) is 5.92 Å². The van der Waals surface area contributed by atoms with E-state index in [1.165, 1.54) is 19.3 Å². The van der Waals surface area contributed by atoms with Crippen molar-refractivity contribution >= 4 is 5.82 Å². The van der Waals surface area contributed by atoms with Crippen molar-refractivity contribution in [3.8, 4) is 5.88 Å². The van der Waals surface area contributed by atoms with Crippen LogP contribution in [0.25, 0.3) is 0 Å². The third kappa shape index (κ3) is 5.16. The molecule has 5 heteroatoms. The molecule has 1 fully saturated rings. The highest BCUT2D eigenvalue weighted by molar-refractivity contribution is 5.41. The second-order valence-electron chi connectivity index (χ2n) is 6.02. The topological polar surface area (TPSA) is 50.3 Å². The summed E-state index contributed by atoms with van der Waals surface area (Å²) < 4.78 is 5.64. The van der Waals surface area contributed by atoms with Gasteiger partial charge in [-0.15, -0.1) is 0 Å². The van der Waals surface area contributed by atoms with Gasteiger partial charge in [-0.3, -0.25) is 0 Å². The Bertz CT molecular complexity index is 416. The molecule has 0 spiro atoms. The van der Waals surface area contributed by atoms with E-state index in [0.29, 0.717) is 5.88 Å². The van der Waals surface area contributed by atoms with Crippen LogP contribution in [0.1, 0.15) is 40.0 Å². The van der Waals surface area contributed by atoms with Gasteiger partial charge in [0, 0.05) is 19.2 Å². The van der Waals surface area contributed by atoms with Crippen LogP contribution in [0.2, 0.25) is 0 Å². The first kappa shape index (κ1) is 16.0. The minimum atomic E-state index is 0.142. The summed E-state index contributed by atoms with van der Waals surface area (Å²) in [7, 11) is 0. The summed E-state index contributed by atoms with van der Waals surface area (Å²) in [5, 5.41) is 3.53. The fraction of sp³-hybridized carbons (Fsp3) is 0.750. The van der Waals surface area contributed by atoms with Crippen molar-refractivity contribution in [1.29, 1.82) is 0 Å². The molecule has 0 aliphatic carbocycles. The number of piperidine rings is 1. The van der Waals surface area contributed by atoms with Crippen LogP contribution in [-0.2, 0) is 0 Å². The SMILES string of the molecule is CCCNCC1CCN(c2cc(OC(C)C)ncn2)CC1. The smallest absolute Gasteiger partial charge is 0.218 e. The molecule has 0 amide bonds. The first-order valence-corrected chi connectivity index (χ1v) is 8.13. The summed E-state index contributed by atoms with van der Waals surface area (Å²) in [5.74, 6) is 2.45. The number of anilines is 1. The zero-order valence-corrected chi connectivity index (χ0v) is 13.5. The summed E-state index contributed by atoms with van der Waals surface area (Å²) in [6, 6.07) is 1.95. The van der Waals surface area contributed by atoms with Crippen molar-refractivity contribution in [2.75, 3.05) is 31.1 Å². The van der Waals surface area contributed by atoms with Gasteiger partial charge in [0.2, 0.25) is 5.88 Å². The summed E-state index contributed by atoms with van der Waals surface area (Å²) in [6.45, 7) is 10.6. The van der Waals surface area contributed by atoms with Gasteiger partial charge in [-0.05, 0) is 52.1 Å². The van der Waals surface area contributed by atoms with E-state index in [9.17, 15) is 0 Å². The normalized spacial score (nSPS) is 16.5. The number of hydrogen-bond acceptors (Lipinski definition) is 5. The van der Waals surface area contributed by atoms with Crippen molar-refractivity contribution in [2.45, 2.75) is 46.1 Å². The predicted molar refractivity (Wildman–Crippen MR) is 85.9 cm³/mol. The number of rotatable bonds is 7. The minimum Gasteiger partial charge on any atom is -0.475 e. The maximum absolute atomic E-state index is 5.64. The number of hydrogen-bond donors (Lipinski definition) is 1. The fourth-order valence-electron chi connectivity index (χ4n) is 2.66. The molecule has 0 radical (unpaired) electrons. The molecule has 21 heavy (non-hydrogen) atoms. The molecule has 2 rings (SSSR count). The molecule has 2 heterocycles. The maximum atomic E-state index is 5.64. The van der Waals surface area contributed by atoms with Gasteiger partial charge in [-0.25, -0.2) is 9.97 Å². The predicted octanol–water partition coefficient (Wildman–Crippen LogP) is 2.48. The second kappa shape index (κ2) is 8.17. The molecule has 0 atom stereocenters. The fourth-order valence-corrected chi connectivity index (χ4v) is 2.66. The van der Waals surface area contributed by atoms with Gasteiger partial charge in [-0.2, -0.15) is 0 Å². The number of nitrogens with one attached hydrogen (secondary N) is 1. The van der Waals surface area contributed by atoms with Crippen molar-refractivity contribution in [3.05, 3.63) is 12.4 Å². The van der Waals surface area contributed by atoms with E-state index >= 15 is 0 Å². The molecule has 0 aromatic carbocycles. The van der Waals surface area contributed by atoms with E-state index in [-0.39, 0.29) is 6.10 Å². The van der Waals surface area contributed by atoms with Gasteiger partial charge in [0.15, 0.2) is 0 Å². The lowest BCUT2D eigenvalue weighted by Crippen LogP contribution is -2.37. The Morgan fingerprint density at radius 3 is 2.76 bits per heavy atom. The molecule has 1 aliphatic rings. The lowest BCUT2D eigenvalue weighted by molar-refractivity contribution is 0.232. The Labute approximate surface area is 128 Å². The zero-order chi connectivity index (χ0) is 15.1. The first-order valence-electron chi connectivity index (χ1n) is 8.13. The Kier molecular flexibility index (Phi) is 6.23. The second-order valence-corrected chi connectivity index (χ2v) is 6.02. The molecule has 1 aromatic heterocycles. The van der Waals surface area contributed by atoms with Crippen LogP contribution in [-0.4, -0.2) is 42.3 Å². The van der Waals surface area contributed by atoms with E-state index < -0.39 is 0 Å². The number of nitrogens with zero attached hydrogens (tertiary/aromatic N) is 3. The van der Waals surface area contributed by atoms with Crippen molar-refractivity contribution in [3.63, 3.8) is 0 Å². The van der Waals surface area contributed by atoms with Crippen LogP contribution >= 0.6 is 0 Å². The minimum absolute atomic E-state index is 0.142. The molecule has 1 aromatic rings. The van der Waals surface area contributed by atoms with Gasteiger partial charge in [0.05, 0.1) is 6.10 Å². The van der Waals surface area contributed by atoms with Crippen LogP contribution < -0.4 is 15.0 Å². The summed E-state index contributed by atoms with van der Waals surface area (Å²) >= 11 is 0. The average Bonchev–Trinajstić information content (AvgIpc) is 2.48. The molecular formula is C16H28N4O. The van der Waals surface area contributed by atoms with E-state index in [1.807, 2.05) is 19.9 Å². The maximum Gasteiger partial charge on any atom is 0.218 e. The largest absolute Gasteiger partial charge is 0.475 e. The van der Waals surface area contributed by atoms with Crippen LogP contribution in [0.15, 0.2) is 12.4 Å². The highest BCUT2D eigenvalue weighted by Gasteiger charge is 2.20. The van der Waals surface area contributed by atoms with E-state index in [1.54, 1.807) is 6.33 Å². The van der Waals surface area contributed by atoms with E-state index in [0.717, 1.165) is 37.9 Å². The van der Waals surface area contributed by atoms with Crippen LogP contribution in [0.5, 0.6) is 5.88 Å². The van der Waals surface area contributed by atoms with Gasteiger partial charge in [-0.1, -0.05) is 6.92 Å². The third-order valence-electron chi connectivity index (χ3n) is 3.78. The molecular weight excluding hydrogens is 264 g/mol. The van der Waals surface area contributed by atoms with Gasteiger partial charge in [0.25, 0.3) is 0 Å². The monoisotopic (exact) mass is 292 g/mol. The summed E-state index contributed by atoms with van der Waals surface area (Å²) in [5.41, 5.74) is 0. The van der Waals surface area contributed by atoms with Crippen molar-refractivity contribution in [1.82, 2.24) is 15.3 Å². The highest BCUT2D eigenvalue weighted by Crippen LogP contribution is 2.23. The Morgan fingerprint density at radius 1 is 1.33 bits per heavy atom. The van der Waals surface area contributed by atoms with Gasteiger partial charge in [0.1, 0.15) is 12.1 Å².